The zero-order chi connectivity index (χ0) is 17.6. The van der Waals surface area contributed by atoms with E-state index in [-0.39, 0.29) is 5.82 Å². The van der Waals surface area contributed by atoms with Crippen LogP contribution in [0.2, 0.25) is 0 Å². The molecule has 0 aromatic heterocycles. The van der Waals surface area contributed by atoms with Crippen molar-refractivity contribution in [3.63, 3.8) is 0 Å². The number of piperidine rings is 1. The lowest BCUT2D eigenvalue weighted by molar-refractivity contribution is 0.150. The topological polar surface area (TPSA) is 39.7 Å². The van der Waals surface area contributed by atoms with E-state index < -0.39 is 0 Å². The quantitative estimate of drug-likeness (QED) is 0.587. The van der Waals surface area contributed by atoms with Crippen LogP contribution in [-0.4, -0.2) is 43.1 Å². The summed E-state index contributed by atoms with van der Waals surface area (Å²) in [7, 11) is 1.76. The van der Waals surface area contributed by atoms with E-state index in [4.69, 9.17) is 0 Å². The van der Waals surface area contributed by atoms with Crippen molar-refractivity contribution in [1.82, 2.24) is 15.5 Å². The van der Waals surface area contributed by atoms with Crippen LogP contribution >= 0.6 is 15.9 Å². The van der Waals surface area contributed by atoms with Crippen LogP contribution in [0.3, 0.4) is 0 Å². The van der Waals surface area contributed by atoms with Crippen LogP contribution in [0.1, 0.15) is 44.1 Å². The number of nitrogens with zero attached hydrogens (tertiary/aromatic N) is 2. The molecule has 1 saturated carbocycles. The minimum atomic E-state index is -0.206. The highest BCUT2D eigenvalue weighted by Gasteiger charge is 2.27. The number of aliphatic imine (C=N–C) groups is 1. The van der Waals surface area contributed by atoms with Gasteiger partial charge in [-0.05, 0) is 37.8 Å². The predicted octanol–water partition coefficient (Wildman–Crippen LogP) is 3.66. The molecule has 0 atom stereocenters. The van der Waals surface area contributed by atoms with E-state index in [1.807, 2.05) is 6.07 Å². The molecule has 0 spiro atoms. The van der Waals surface area contributed by atoms with Gasteiger partial charge in [0.05, 0.1) is 0 Å². The van der Waals surface area contributed by atoms with Crippen molar-refractivity contribution >= 4 is 21.9 Å². The second-order valence-corrected chi connectivity index (χ2v) is 7.97. The summed E-state index contributed by atoms with van der Waals surface area (Å²) in [6.45, 7) is 2.76. The van der Waals surface area contributed by atoms with Gasteiger partial charge in [0.25, 0.3) is 0 Å². The number of halogens is 2. The van der Waals surface area contributed by atoms with Crippen molar-refractivity contribution in [2.75, 3.05) is 20.1 Å². The van der Waals surface area contributed by atoms with Crippen molar-refractivity contribution < 1.29 is 4.39 Å². The molecule has 1 aromatic rings. The molecule has 0 unspecified atom stereocenters. The Labute approximate surface area is 158 Å². The molecular weight excluding hydrogens is 383 g/mol. The molecule has 6 heteroatoms. The lowest BCUT2D eigenvalue weighted by atomic mass is 10.0. The number of hydrogen-bond acceptors (Lipinski definition) is 2. The average molecular weight is 411 g/mol. The largest absolute Gasteiger partial charge is 0.354 e. The van der Waals surface area contributed by atoms with Crippen LogP contribution in [0, 0.1) is 5.82 Å². The molecule has 1 heterocycles. The van der Waals surface area contributed by atoms with Gasteiger partial charge in [-0.15, -0.1) is 0 Å². The van der Waals surface area contributed by atoms with Gasteiger partial charge >= 0.3 is 0 Å². The van der Waals surface area contributed by atoms with Crippen LogP contribution in [0.4, 0.5) is 4.39 Å². The molecule has 2 fully saturated rings. The normalized spacial score (nSPS) is 20.8. The van der Waals surface area contributed by atoms with Crippen molar-refractivity contribution in [2.45, 2.75) is 57.2 Å². The van der Waals surface area contributed by atoms with Gasteiger partial charge in [-0.25, -0.2) is 4.39 Å². The highest BCUT2D eigenvalue weighted by molar-refractivity contribution is 9.10. The molecule has 2 N–H and O–H groups in total. The molecule has 1 aliphatic carbocycles. The highest BCUT2D eigenvalue weighted by atomic mass is 79.9. The highest BCUT2D eigenvalue weighted by Crippen LogP contribution is 2.26. The van der Waals surface area contributed by atoms with Gasteiger partial charge in [-0.1, -0.05) is 34.8 Å². The molecule has 138 valence electrons. The lowest BCUT2D eigenvalue weighted by Gasteiger charge is -2.36. The van der Waals surface area contributed by atoms with E-state index in [1.165, 1.54) is 44.8 Å². The fourth-order valence-corrected chi connectivity index (χ4v) is 4.24. The van der Waals surface area contributed by atoms with Crippen molar-refractivity contribution in [3.8, 4) is 0 Å². The first kappa shape index (κ1) is 18.6. The molecular formula is C19H28BrFN4. The van der Waals surface area contributed by atoms with Crippen LogP contribution in [0.5, 0.6) is 0 Å². The fourth-order valence-electron chi connectivity index (χ4n) is 3.91. The maximum absolute atomic E-state index is 13.9. The number of likely N-dealkylation sites (tertiary alicyclic amines) is 1. The Balaban J connectivity index is 1.45. The van der Waals surface area contributed by atoms with Gasteiger partial charge in [-0.3, -0.25) is 4.99 Å². The monoisotopic (exact) mass is 410 g/mol. The maximum Gasteiger partial charge on any atom is 0.191 e. The average Bonchev–Trinajstić information content (AvgIpc) is 3.15. The molecule has 25 heavy (non-hydrogen) atoms. The smallest absolute Gasteiger partial charge is 0.191 e. The zero-order valence-electron chi connectivity index (χ0n) is 14.9. The summed E-state index contributed by atoms with van der Waals surface area (Å²) in [5.41, 5.74) is 0.641. The minimum absolute atomic E-state index is 0.206. The molecule has 4 nitrogen and oxygen atoms in total. The van der Waals surface area contributed by atoms with Gasteiger partial charge < -0.3 is 15.5 Å². The number of nitrogens with one attached hydrogen (secondary N) is 2. The number of hydrogen-bond donors (Lipinski definition) is 2. The van der Waals surface area contributed by atoms with Gasteiger partial charge in [0.1, 0.15) is 5.82 Å². The standard InChI is InChI=1S/C19H28BrFN4/c1-22-19(23-13-14-6-7-15(20)12-18(14)21)24-16-8-10-25(11-9-16)17-4-2-3-5-17/h6-7,12,16-17H,2-5,8-11,13H2,1H3,(H2,22,23,24). The summed E-state index contributed by atoms with van der Waals surface area (Å²) in [6, 6.07) is 6.40. The summed E-state index contributed by atoms with van der Waals surface area (Å²) < 4.78 is 14.7. The van der Waals surface area contributed by atoms with Gasteiger partial charge in [0, 0.05) is 48.8 Å². The molecule has 0 radical (unpaired) electrons. The fraction of sp³-hybridized carbons (Fsp3) is 0.632. The summed E-state index contributed by atoms with van der Waals surface area (Å²) >= 11 is 3.28. The van der Waals surface area contributed by atoms with Crippen LogP contribution < -0.4 is 10.6 Å². The molecule has 2 aliphatic rings. The van der Waals surface area contributed by atoms with Gasteiger partial charge in [0.2, 0.25) is 0 Å². The first-order valence-electron chi connectivity index (χ1n) is 9.31. The van der Waals surface area contributed by atoms with E-state index >= 15 is 0 Å². The van der Waals surface area contributed by atoms with Gasteiger partial charge in [-0.2, -0.15) is 0 Å². The molecule has 1 aliphatic heterocycles. The number of rotatable bonds is 4. The zero-order valence-corrected chi connectivity index (χ0v) is 16.5. The van der Waals surface area contributed by atoms with E-state index in [0.29, 0.717) is 18.2 Å². The molecule has 0 amide bonds. The van der Waals surface area contributed by atoms with Crippen molar-refractivity contribution in [3.05, 3.63) is 34.1 Å². The Kier molecular flexibility index (Phi) is 6.70. The maximum atomic E-state index is 13.9. The molecule has 1 aromatic carbocycles. The first-order chi connectivity index (χ1) is 12.2. The summed E-state index contributed by atoms with van der Waals surface area (Å²) in [5.74, 6) is 0.545. The summed E-state index contributed by atoms with van der Waals surface area (Å²) in [4.78, 5) is 6.96. The lowest BCUT2D eigenvalue weighted by Crippen LogP contribution is -2.50. The Hall–Kier alpha value is -1.14. The SMILES string of the molecule is CN=C(NCc1ccc(Br)cc1F)NC1CCN(C2CCCC2)CC1. The Morgan fingerprint density at radius 2 is 1.96 bits per heavy atom. The van der Waals surface area contributed by atoms with E-state index in [0.717, 1.165) is 29.3 Å². The predicted molar refractivity (Wildman–Crippen MR) is 104 cm³/mol. The minimum Gasteiger partial charge on any atom is -0.354 e. The summed E-state index contributed by atoms with van der Waals surface area (Å²) in [5, 5.41) is 6.73. The molecule has 3 rings (SSSR count). The second-order valence-electron chi connectivity index (χ2n) is 7.05. The second kappa shape index (κ2) is 8.99. The third kappa shape index (κ3) is 5.17. The van der Waals surface area contributed by atoms with Crippen molar-refractivity contribution in [1.29, 1.82) is 0 Å². The Morgan fingerprint density at radius 1 is 1.24 bits per heavy atom. The van der Waals surface area contributed by atoms with E-state index in [9.17, 15) is 4.39 Å². The third-order valence-electron chi connectivity index (χ3n) is 5.40. The Morgan fingerprint density at radius 3 is 2.60 bits per heavy atom. The Bertz CT molecular complexity index is 593. The first-order valence-corrected chi connectivity index (χ1v) is 10.1. The van der Waals surface area contributed by atoms with Gasteiger partial charge in [0.15, 0.2) is 5.96 Å². The van der Waals surface area contributed by atoms with Crippen molar-refractivity contribution in [2.24, 2.45) is 4.99 Å². The van der Waals surface area contributed by atoms with Crippen LogP contribution in [-0.2, 0) is 6.54 Å². The molecule has 1 saturated heterocycles. The number of guanidine groups is 1. The number of benzene rings is 1. The third-order valence-corrected chi connectivity index (χ3v) is 5.89. The van der Waals surface area contributed by atoms with Crippen LogP contribution in [0.15, 0.2) is 27.7 Å². The van der Waals surface area contributed by atoms with Crippen LogP contribution in [0.25, 0.3) is 0 Å². The van der Waals surface area contributed by atoms with E-state index in [2.05, 4.69) is 36.5 Å². The summed E-state index contributed by atoms with van der Waals surface area (Å²) in [6.07, 6.45) is 7.83. The molecule has 0 bridgehead atoms. The van der Waals surface area contributed by atoms with E-state index in [1.54, 1.807) is 13.1 Å².